The lowest BCUT2D eigenvalue weighted by molar-refractivity contribution is 0.226. The molecular weight excluding hydrogens is 484 g/mol. The summed E-state index contributed by atoms with van der Waals surface area (Å²) in [4.78, 5) is 17.0. The van der Waals surface area contributed by atoms with Gasteiger partial charge in [-0.1, -0.05) is 6.92 Å². The molecule has 2 saturated carbocycles. The fraction of sp³-hybridized carbons (Fsp3) is 0.565. The second-order valence-corrected chi connectivity index (χ2v) is 11.9. The fourth-order valence-electron chi connectivity index (χ4n) is 4.77. The lowest BCUT2D eigenvalue weighted by Crippen LogP contribution is -2.32. The maximum absolute atomic E-state index is 13.5. The quantitative estimate of drug-likeness (QED) is 0.452. The second-order valence-electron chi connectivity index (χ2n) is 9.82. The van der Waals surface area contributed by atoms with E-state index in [4.69, 9.17) is 9.47 Å². The van der Waals surface area contributed by atoms with Gasteiger partial charge in [0.2, 0.25) is 27.7 Å². The van der Waals surface area contributed by atoms with Crippen molar-refractivity contribution >= 4 is 16.0 Å². The topological polar surface area (TPSA) is 147 Å². The summed E-state index contributed by atoms with van der Waals surface area (Å²) >= 11 is 0. The fourth-order valence-corrected chi connectivity index (χ4v) is 6.01. The summed E-state index contributed by atoms with van der Waals surface area (Å²) in [5.74, 6) is 1.20. The maximum Gasteiger partial charge on any atom is 0.245 e. The summed E-state index contributed by atoms with van der Waals surface area (Å²) < 4.78 is 42.3. The predicted octanol–water partition coefficient (Wildman–Crippen LogP) is 2.76. The molecule has 5 rings (SSSR count). The Morgan fingerprint density at radius 2 is 1.64 bits per heavy atom. The normalized spacial score (nSPS) is 18.4. The van der Waals surface area contributed by atoms with Gasteiger partial charge in [0, 0.05) is 24.2 Å². The molecule has 0 unspecified atom stereocenters. The van der Waals surface area contributed by atoms with E-state index in [0.29, 0.717) is 22.8 Å². The minimum atomic E-state index is -3.93. The Morgan fingerprint density at radius 3 is 2.19 bits per heavy atom. The number of methoxy groups -OCH3 is 2. The molecule has 2 aliphatic carbocycles. The van der Waals surface area contributed by atoms with Crippen molar-refractivity contribution in [3.8, 4) is 17.4 Å². The zero-order valence-corrected chi connectivity index (χ0v) is 21.8. The van der Waals surface area contributed by atoms with Crippen LogP contribution in [0.4, 0.5) is 5.95 Å². The van der Waals surface area contributed by atoms with E-state index < -0.39 is 21.2 Å². The van der Waals surface area contributed by atoms with Crippen LogP contribution in [0.2, 0.25) is 0 Å². The molecule has 2 atom stereocenters. The van der Waals surface area contributed by atoms with Crippen LogP contribution in [0, 0.1) is 12.3 Å². The summed E-state index contributed by atoms with van der Waals surface area (Å²) in [6.45, 7) is 5.28. The van der Waals surface area contributed by atoms with Crippen molar-refractivity contribution in [3.05, 3.63) is 35.9 Å². The zero-order valence-electron chi connectivity index (χ0n) is 21.0. The number of aryl methyl sites for hydroxylation is 1. The Bertz CT molecular complexity index is 1340. The van der Waals surface area contributed by atoms with Gasteiger partial charge in [-0.05, 0) is 50.5 Å². The molecule has 1 spiro atoms. The minimum Gasteiger partial charge on any atom is -0.479 e. The Morgan fingerprint density at radius 1 is 1.03 bits per heavy atom. The first-order chi connectivity index (χ1) is 17.2. The van der Waals surface area contributed by atoms with Gasteiger partial charge in [0.25, 0.3) is 0 Å². The van der Waals surface area contributed by atoms with Crippen LogP contribution in [0.15, 0.2) is 18.7 Å². The first kappa shape index (κ1) is 24.3. The molecular formula is C23H30N8O4S. The lowest BCUT2D eigenvalue weighted by Gasteiger charge is -2.35. The molecule has 0 radical (unpaired) electrons. The molecule has 0 saturated heterocycles. The zero-order chi connectivity index (χ0) is 25.7. The van der Waals surface area contributed by atoms with Crippen LogP contribution in [0.3, 0.4) is 0 Å². The lowest BCUT2D eigenvalue weighted by atomic mass is 9.71. The SMILES string of the molecule is COc1ncnc(OC)c1-n1c(NS(=O)(=O)[C@@H](C)[C@H](C)c2ncc(C)cn2)nnc1C1CC2(CC2)C1. The third-order valence-corrected chi connectivity index (χ3v) is 9.22. The van der Waals surface area contributed by atoms with Crippen LogP contribution in [-0.2, 0) is 10.0 Å². The van der Waals surface area contributed by atoms with Gasteiger partial charge in [-0.3, -0.25) is 9.29 Å². The van der Waals surface area contributed by atoms with E-state index in [1.165, 1.54) is 33.4 Å². The largest absolute Gasteiger partial charge is 0.479 e. The molecule has 13 heteroatoms. The summed E-state index contributed by atoms with van der Waals surface area (Å²) in [7, 11) is -0.969. The van der Waals surface area contributed by atoms with Gasteiger partial charge in [0.05, 0.1) is 19.5 Å². The first-order valence-electron chi connectivity index (χ1n) is 11.9. The summed E-state index contributed by atoms with van der Waals surface area (Å²) in [5.41, 5.74) is 1.65. The Labute approximate surface area is 210 Å². The van der Waals surface area contributed by atoms with Gasteiger partial charge in [-0.25, -0.2) is 18.4 Å². The van der Waals surface area contributed by atoms with Crippen molar-refractivity contribution < 1.29 is 17.9 Å². The van der Waals surface area contributed by atoms with Crippen LogP contribution in [0.25, 0.3) is 5.69 Å². The van der Waals surface area contributed by atoms with Gasteiger partial charge in [0.1, 0.15) is 18.0 Å². The smallest absolute Gasteiger partial charge is 0.245 e. The van der Waals surface area contributed by atoms with Gasteiger partial charge >= 0.3 is 0 Å². The molecule has 12 nitrogen and oxygen atoms in total. The predicted molar refractivity (Wildman–Crippen MR) is 131 cm³/mol. The molecule has 0 amide bonds. The highest BCUT2D eigenvalue weighted by Crippen LogP contribution is 2.66. The van der Waals surface area contributed by atoms with Crippen molar-refractivity contribution in [3.63, 3.8) is 0 Å². The van der Waals surface area contributed by atoms with E-state index in [-0.39, 0.29) is 23.6 Å². The molecule has 2 aliphatic rings. The standard InChI is InChI=1S/C23H30N8O4S/c1-13-10-24-18(25-11-13)14(2)15(3)36(32,33)30-22-29-28-19(16-8-23(9-16)6-7-23)31(22)17-20(34-4)26-12-27-21(17)35-5/h10-12,14-16H,6-9H2,1-5H3,(H,29,30)/t14-,15-/m0/s1. The van der Waals surface area contributed by atoms with Crippen molar-refractivity contribution in [2.24, 2.45) is 5.41 Å². The highest BCUT2D eigenvalue weighted by Gasteiger charge is 2.55. The Hall–Kier alpha value is -3.35. The average Bonchev–Trinajstić information content (AvgIpc) is 3.57. The number of nitrogens with zero attached hydrogens (tertiary/aromatic N) is 7. The minimum absolute atomic E-state index is 0.0250. The van der Waals surface area contributed by atoms with Crippen molar-refractivity contribution in [1.29, 1.82) is 0 Å². The second kappa shape index (κ2) is 8.95. The molecule has 1 N–H and O–H groups in total. The van der Waals surface area contributed by atoms with Crippen LogP contribution >= 0.6 is 0 Å². The number of rotatable bonds is 9. The van der Waals surface area contributed by atoms with E-state index in [1.54, 1.807) is 30.8 Å². The molecule has 0 aromatic carbocycles. The van der Waals surface area contributed by atoms with Crippen LogP contribution in [0.1, 0.15) is 68.6 Å². The number of hydrogen-bond acceptors (Lipinski definition) is 10. The molecule has 36 heavy (non-hydrogen) atoms. The average molecular weight is 515 g/mol. The van der Waals surface area contributed by atoms with Gasteiger partial charge < -0.3 is 9.47 Å². The van der Waals surface area contributed by atoms with Crippen LogP contribution < -0.4 is 14.2 Å². The molecule has 0 bridgehead atoms. The van der Waals surface area contributed by atoms with Gasteiger partial charge in [-0.2, -0.15) is 9.97 Å². The third-order valence-electron chi connectivity index (χ3n) is 7.37. The van der Waals surface area contributed by atoms with Crippen molar-refractivity contribution in [2.75, 3.05) is 18.9 Å². The van der Waals surface area contributed by atoms with E-state index in [0.717, 1.165) is 18.4 Å². The maximum atomic E-state index is 13.5. The molecule has 3 aromatic heterocycles. The molecule has 3 heterocycles. The molecule has 192 valence electrons. The number of ether oxygens (including phenoxy) is 2. The van der Waals surface area contributed by atoms with E-state index in [2.05, 4.69) is 34.9 Å². The number of aromatic nitrogens is 7. The van der Waals surface area contributed by atoms with E-state index in [9.17, 15) is 8.42 Å². The highest BCUT2D eigenvalue weighted by atomic mass is 32.2. The number of hydrogen-bond donors (Lipinski definition) is 1. The summed E-state index contributed by atoms with van der Waals surface area (Å²) in [5, 5.41) is 7.80. The summed E-state index contributed by atoms with van der Waals surface area (Å²) in [6.07, 6.45) is 9.07. The first-order valence-corrected chi connectivity index (χ1v) is 13.4. The van der Waals surface area contributed by atoms with Crippen LogP contribution in [-0.4, -0.2) is 62.6 Å². The Balaban J connectivity index is 1.53. The molecule has 3 aromatic rings. The van der Waals surface area contributed by atoms with Crippen molar-refractivity contribution in [2.45, 2.75) is 63.5 Å². The van der Waals surface area contributed by atoms with Gasteiger partial charge in [0.15, 0.2) is 5.69 Å². The number of sulfonamides is 1. The summed E-state index contributed by atoms with van der Waals surface area (Å²) in [6, 6.07) is 0. The van der Waals surface area contributed by atoms with E-state index in [1.807, 2.05) is 6.92 Å². The monoisotopic (exact) mass is 514 g/mol. The highest BCUT2D eigenvalue weighted by molar-refractivity contribution is 7.93. The molecule has 0 aliphatic heterocycles. The third kappa shape index (κ3) is 4.25. The van der Waals surface area contributed by atoms with Crippen LogP contribution in [0.5, 0.6) is 11.8 Å². The van der Waals surface area contributed by atoms with Crippen molar-refractivity contribution in [1.82, 2.24) is 34.7 Å². The molecule has 2 fully saturated rings. The Kier molecular flexibility index (Phi) is 6.05. The number of anilines is 1. The number of nitrogens with one attached hydrogen (secondary N) is 1. The van der Waals surface area contributed by atoms with E-state index >= 15 is 0 Å². The van der Waals surface area contributed by atoms with Gasteiger partial charge in [-0.15, -0.1) is 10.2 Å².